The molecular weight excluding hydrogens is 492 g/mol. The number of carbonyl (C=O) groups excluding carboxylic acids is 3. The minimum absolute atomic E-state index is 0.113. The van der Waals surface area contributed by atoms with Crippen LogP contribution in [0, 0.1) is 11.6 Å². The van der Waals surface area contributed by atoms with Gasteiger partial charge in [-0.2, -0.15) is 0 Å². The summed E-state index contributed by atoms with van der Waals surface area (Å²) < 4.78 is 39.9. The van der Waals surface area contributed by atoms with E-state index >= 15 is 0 Å². The van der Waals surface area contributed by atoms with Crippen LogP contribution in [0.4, 0.5) is 13.6 Å². The van der Waals surface area contributed by atoms with Crippen molar-refractivity contribution < 1.29 is 32.6 Å². The Morgan fingerprint density at radius 3 is 2.47 bits per heavy atom. The summed E-state index contributed by atoms with van der Waals surface area (Å²) in [6, 6.07) is 2.10. The first-order valence-electron chi connectivity index (χ1n) is 11.6. The number of likely N-dealkylation sites (tertiary alicyclic amines) is 1. The zero-order chi connectivity index (χ0) is 26.0. The number of aromatic nitrogens is 1. The third-order valence-corrected chi connectivity index (χ3v) is 6.74. The molecule has 0 bridgehead atoms. The molecule has 0 atom stereocenters. The molecule has 0 spiro atoms. The van der Waals surface area contributed by atoms with Crippen LogP contribution < -0.4 is 10.1 Å². The van der Waals surface area contributed by atoms with Gasteiger partial charge in [-0.05, 0) is 57.4 Å². The van der Waals surface area contributed by atoms with Crippen LogP contribution in [-0.4, -0.2) is 46.5 Å². The Morgan fingerprint density at radius 2 is 1.89 bits per heavy atom. The molecule has 0 aliphatic carbocycles. The normalized spacial score (nSPS) is 18.0. The molecule has 0 radical (unpaired) electrons. The number of nitrogens with zero attached hydrogens (tertiary/aromatic N) is 2. The number of imide groups is 1. The van der Waals surface area contributed by atoms with Crippen molar-refractivity contribution in [3.63, 3.8) is 0 Å². The lowest BCUT2D eigenvalue weighted by Crippen LogP contribution is -2.41. The summed E-state index contributed by atoms with van der Waals surface area (Å²) in [6.45, 7) is 6.53. The van der Waals surface area contributed by atoms with E-state index in [0.29, 0.717) is 18.8 Å². The lowest BCUT2D eigenvalue weighted by molar-refractivity contribution is -0.124. The molecule has 0 unspecified atom stereocenters. The van der Waals surface area contributed by atoms with Crippen molar-refractivity contribution in [2.24, 2.45) is 0 Å². The van der Waals surface area contributed by atoms with Gasteiger partial charge in [-0.25, -0.2) is 18.6 Å². The molecule has 36 heavy (non-hydrogen) atoms. The summed E-state index contributed by atoms with van der Waals surface area (Å²) in [6.07, 6.45) is 2.32. The topological polar surface area (TPSA) is 97.8 Å². The summed E-state index contributed by atoms with van der Waals surface area (Å²) in [7, 11) is 0. The van der Waals surface area contributed by atoms with E-state index in [2.05, 4.69) is 10.3 Å². The van der Waals surface area contributed by atoms with Crippen LogP contribution in [0.25, 0.3) is 6.08 Å². The van der Waals surface area contributed by atoms with Crippen LogP contribution in [0.5, 0.6) is 5.75 Å². The van der Waals surface area contributed by atoms with E-state index in [4.69, 9.17) is 9.47 Å². The van der Waals surface area contributed by atoms with Gasteiger partial charge < -0.3 is 14.4 Å². The summed E-state index contributed by atoms with van der Waals surface area (Å²) >= 11 is 1.45. The van der Waals surface area contributed by atoms with Gasteiger partial charge in [0.1, 0.15) is 12.2 Å². The molecule has 0 saturated carbocycles. The van der Waals surface area contributed by atoms with Crippen LogP contribution in [0.1, 0.15) is 62.2 Å². The standard InChI is InChI=1S/C25H27F2N3O5S/c1-25(2,3)35-24(33)30-6-4-15(5-7-30)23-28-17(13-36-23)12-34-21-18(26)9-14(10-19(21)27)8-16-11-20(31)29-22(16)32/h8-10,13,15H,4-7,11-12H2,1-3H3,(H,29,31,32)/b16-8+. The number of rotatable bonds is 5. The Bertz CT molecular complexity index is 1190. The van der Waals surface area contributed by atoms with E-state index in [-0.39, 0.29) is 36.2 Å². The molecule has 8 nitrogen and oxygen atoms in total. The van der Waals surface area contributed by atoms with E-state index in [1.807, 2.05) is 20.8 Å². The average Bonchev–Trinajstić information content (AvgIpc) is 3.38. The molecule has 4 rings (SSSR count). The van der Waals surface area contributed by atoms with Crippen LogP contribution >= 0.6 is 11.3 Å². The van der Waals surface area contributed by atoms with Crippen LogP contribution in [0.2, 0.25) is 0 Å². The fourth-order valence-electron chi connectivity index (χ4n) is 3.98. The number of hydrogen-bond acceptors (Lipinski definition) is 7. The number of halogens is 2. The third-order valence-electron chi connectivity index (χ3n) is 5.69. The van der Waals surface area contributed by atoms with Gasteiger partial charge in [-0.1, -0.05) is 0 Å². The zero-order valence-corrected chi connectivity index (χ0v) is 21.0. The van der Waals surface area contributed by atoms with Crippen LogP contribution in [0.15, 0.2) is 23.1 Å². The van der Waals surface area contributed by atoms with Crippen molar-refractivity contribution in [1.29, 1.82) is 0 Å². The SMILES string of the molecule is CC(C)(C)OC(=O)N1CCC(c2nc(COc3c(F)cc(/C=C4\CC(=O)NC4=O)cc3F)cs2)CC1. The molecule has 2 fully saturated rings. The summed E-state index contributed by atoms with van der Waals surface area (Å²) in [5.74, 6) is -3.22. The lowest BCUT2D eigenvalue weighted by Gasteiger charge is -2.32. The molecule has 3 amide bonds. The highest BCUT2D eigenvalue weighted by Crippen LogP contribution is 2.32. The number of nitrogens with one attached hydrogen (secondary N) is 1. The second-order valence-electron chi connectivity index (χ2n) is 9.74. The number of thiazole rings is 1. The summed E-state index contributed by atoms with van der Waals surface area (Å²) in [4.78, 5) is 41.5. The fraction of sp³-hybridized carbons (Fsp3) is 0.440. The largest absolute Gasteiger partial charge is 0.481 e. The van der Waals surface area contributed by atoms with Gasteiger partial charge >= 0.3 is 6.09 Å². The second-order valence-corrected chi connectivity index (χ2v) is 10.6. The van der Waals surface area contributed by atoms with Gasteiger partial charge in [0.25, 0.3) is 5.91 Å². The van der Waals surface area contributed by atoms with Gasteiger partial charge in [0, 0.05) is 30.0 Å². The summed E-state index contributed by atoms with van der Waals surface area (Å²) in [5.41, 5.74) is 0.266. The molecule has 1 N–H and O–H groups in total. The third kappa shape index (κ3) is 6.26. The maximum Gasteiger partial charge on any atom is 0.410 e. The Kier molecular flexibility index (Phi) is 7.39. The van der Waals surface area contributed by atoms with Crippen molar-refractivity contribution in [2.75, 3.05) is 13.1 Å². The fourth-order valence-corrected chi connectivity index (χ4v) is 4.96. The molecule has 2 saturated heterocycles. The summed E-state index contributed by atoms with van der Waals surface area (Å²) in [5, 5.41) is 4.80. The molecular formula is C25H27F2N3O5S. The first-order chi connectivity index (χ1) is 17.0. The van der Waals surface area contributed by atoms with Crippen molar-refractivity contribution in [3.05, 3.63) is 51.0 Å². The van der Waals surface area contributed by atoms with Crippen LogP contribution in [0.3, 0.4) is 0 Å². The highest BCUT2D eigenvalue weighted by molar-refractivity contribution is 7.09. The first-order valence-corrected chi connectivity index (χ1v) is 12.5. The molecule has 11 heteroatoms. The van der Waals surface area contributed by atoms with E-state index < -0.39 is 34.8 Å². The highest BCUT2D eigenvalue weighted by Gasteiger charge is 2.29. The molecule has 1 aromatic heterocycles. The maximum atomic E-state index is 14.5. The van der Waals surface area contributed by atoms with E-state index in [1.54, 1.807) is 10.3 Å². The van der Waals surface area contributed by atoms with Crippen molar-refractivity contribution >= 4 is 35.3 Å². The Morgan fingerprint density at radius 1 is 1.22 bits per heavy atom. The van der Waals surface area contributed by atoms with Crippen molar-refractivity contribution in [1.82, 2.24) is 15.2 Å². The number of benzene rings is 1. The number of carbonyl (C=O) groups is 3. The zero-order valence-electron chi connectivity index (χ0n) is 20.2. The van der Waals surface area contributed by atoms with Crippen molar-refractivity contribution in [2.45, 2.75) is 58.2 Å². The van der Waals surface area contributed by atoms with Crippen molar-refractivity contribution in [3.8, 4) is 5.75 Å². The average molecular weight is 520 g/mol. The predicted molar refractivity (Wildman–Crippen MR) is 128 cm³/mol. The van der Waals surface area contributed by atoms with E-state index in [0.717, 1.165) is 30.0 Å². The first kappa shape index (κ1) is 25.7. The smallest absolute Gasteiger partial charge is 0.410 e. The minimum Gasteiger partial charge on any atom is -0.481 e. The lowest BCUT2D eigenvalue weighted by atomic mass is 9.98. The minimum atomic E-state index is -0.920. The van der Waals surface area contributed by atoms with Gasteiger partial charge in [0.05, 0.1) is 17.1 Å². The van der Waals surface area contributed by atoms with Crippen LogP contribution in [-0.2, 0) is 20.9 Å². The number of piperidine rings is 1. The van der Waals surface area contributed by atoms with E-state index in [1.165, 1.54) is 17.4 Å². The Hall–Kier alpha value is -3.34. The molecule has 2 aliphatic heterocycles. The highest BCUT2D eigenvalue weighted by atomic mass is 32.1. The predicted octanol–water partition coefficient (Wildman–Crippen LogP) is 4.54. The monoisotopic (exact) mass is 519 g/mol. The van der Waals surface area contributed by atoms with Gasteiger partial charge in [0.2, 0.25) is 5.91 Å². The van der Waals surface area contributed by atoms with Gasteiger partial charge in [-0.3, -0.25) is 14.9 Å². The number of hydrogen-bond donors (Lipinski definition) is 1. The maximum absolute atomic E-state index is 14.5. The molecule has 192 valence electrons. The molecule has 2 aromatic rings. The van der Waals surface area contributed by atoms with Gasteiger partial charge in [-0.15, -0.1) is 11.3 Å². The number of ether oxygens (including phenoxy) is 2. The molecule has 1 aromatic carbocycles. The quantitative estimate of drug-likeness (QED) is 0.460. The Labute approximate surface area is 211 Å². The Balaban J connectivity index is 1.34. The second kappa shape index (κ2) is 10.3. The molecule has 2 aliphatic rings. The van der Waals surface area contributed by atoms with Gasteiger partial charge in [0.15, 0.2) is 17.4 Å². The van der Waals surface area contributed by atoms with E-state index in [9.17, 15) is 23.2 Å². The number of amides is 3. The molecule has 3 heterocycles.